The Morgan fingerprint density at radius 2 is 2.06 bits per heavy atom. The molecule has 9 heteroatoms. The zero-order chi connectivity index (χ0) is 25.3. The van der Waals surface area contributed by atoms with Gasteiger partial charge in [-0.3, -0.25) is 9.59 Å². The van der Waals surface area contributed by atoms with Gasteiger partial charge in [-0.05, 0) is 37.8 Å². The van der Waals surface area contributed by atoms with Gasteiger partial charge in [0.2, 0.25) is 0 Å². The normalized spacial score (nSPS) is 44.0. The van der Waals surface area contributed by atoms with Crippen molar-refractivity contribution >= 4 is 18.2 Å². The van der Waals surface area contributed by atoms with Crippen molar-refractivity contribution in [2.45, 2.75) is 76.2 Å². The molecule has 35 heavy (non-hydrogen) atoms. The zero-order valence-corrected chi connectivity index (χ0v) is 20.4. The summed E-state index contributed by atoms with van der Waals surface area (Å²) >= 11 is 0. The van der Waals surface area contributed by atoms with Crippen LogP contribution in [0.4, 0.5) is 0 Å². The number of furan rings is 1. The van der Waals surface area contributed by atoms with Crippen molar-refractivity contribution in [1.29, 1.82) is 0 Å². The largest absolute Gasteiger partial charge is 0.472 e. The van der Waals surface area contributed by atoms with Crippen molar-refractivity contribution in [1.82, 2.24) is 0 Å². The SMILES string of the molecule is C=C1[C@@H]2C[C@@]3(C)[C@H](c4ccoc4)OC(=O)C[C@]13O[C@H]1[C@@H](OC(C)=O)[C@@H](CO)C(C)(C)O[C@H](C=O)[C@H]12. The van der Waals surface area contributed by atoms with Gasteiger partial charge < -0.3 is 33.3 Å². The van der Waals surface area contributed by atoms with Gasteiger partial charge in [0.15, 0.2) is 0 Å². The van der Waals surface area contributed by atoms with Gasteiger partial charge in [0.25, 0.3) is 0 Å². The van der Waals surface area contributed by atoms with Gasteiger partial charge in [-0.25, -0.2) is 0 Å². The Kier molecular flexibility index (Phi) is 5.54. The molecule has 0 unspecified atom stereocenters. The van der Waals surface area contributed by atoms with Crippen LogP contribution in [0, 0.1) is 23.2 Å². The molecule has 1 spiro atoms. The van der Waals surface area contributed by atoms with E-state index in [0.29, 0.717) is 17.6 Å². The molecule has 4 fully saturated rings. The van der Waals surface area contributed by atoms with Crippen LogP contribution >= 0.6 is 0 Å². The van der Waals surface area contributed by atoms with E-state index in [9.17, 15) is 19.5 Å². The minimum absolute atomic E-state index is 0.0526. The van der Waals surface area contributed by atoms with E-state index >= 15 is 0 Å². The number of cyclic esters (lactones) is 1. The fourth-order valence-electron chi connectivity index (χ4n) is 7.20. The second kappa shape index (κ2) is 8.01. The minimum Gasteiger partial charge on any atom is -0.472 e. The molecule has 0 aromatic carbocycles. The lowest BCUT2D eigenvalue weighted by atomic mass is 9.65. The van der Waals surface area contributed by atoms with Crippen LogP contribution in [0.1, 0.15) is 52.2 Å². The summed E-state index contributed by atoms with van der Waals surface area (Å²) in [6.07, 6.45) is 1.03. The fourth-order valence-corrected chi connectivity index (χ4v) is 7.20. The standard InChI is InChI=1S/C26H32O9/c1-13-16-8-25(5)23(15-6-7-31-12-15)33-19(30)9-26(13,25)35-22-20(16)18(11-28)34-24(3,4)17(10-27)21(22)32-14(2)29/h6-7,11-12,16-18,20-23,27H,1,8-10H2,2-5H3/t16-,17+,18+,20+,21-,22+,23-,25-,26-/m0/s1. The molecular weight excluding hydrogens is 456 g/mol. The van der Waals surface area contributed by atoms with Crippen LogP contribution in [0.5, 0.6) is 0 Å². The van der Waals surface area contributed by atoms with Crippen LogP contribution in [0.15, 0.2) is 35.2 Å². The average Bonchev–Trinajstić information content (AvgIpc) is 3.33. The number of carbonyl (C=O) groups is 3. The molecule has 1 aromatic rings. The maximum Gasteiger partial charge on any atom is 0.309 e. The molecular formula is C26H32O9. The Balaban J connectivity index is 1.68. The first kappa shape index (κ1) is 24.2. The second-order valence-corrected chi connectivity index (χ2v) is 11.0. The second-order valence-electron chi connectivity index (χ2n) is 11.0. The molecule has 190 valence electrons. The molecule has 4 aliphatic rings. The van der Waals surface area contributed by atoms with E-state index in [0.717, 1.165) is 6.29 Å². The smallest absolute Gasteiger partial charge is 0.309 e. The number of hydrogen-bond acceptors (Lipinski definition) is 9. The van der Waals surface area contributed by atoms with Crippen LogP contribution in [0.2, 0.25) is 0 Å². The lowest BCUT2D eigenvalue weighted by Gasteiger charge is -2.54. The summed E-state index contributed by atoms with van der Waals surface area (Å²) in [5.74, 6) is -2.45. The van der Waals surface area contributed by atoms with Crippen LogP contribution in [0.25, 0.3) is 0 Å². The molecule has 1 saturated carbocycles. The topological polar surface area (TPSA) is 122 Å². The third-order valence-corrected chi connectivity index (χ3v) is 8.85. The predicted octanol–water partition coefficient (Wildman–Crippen LogP) is 2.52. The van der Waals surface area contributed by atoms with Gasteiger partial charge in [-0.2, -0.15) is 0 Å². The van der Waals surface area contributed by atoms with Crippen molar-refractivity contribution < 1.29 is 42.9 Å². The lowest BCUT2D eigenvalue weighted by molar-refractivity contribution is -0.243. The number of fused-ring (bicyclic) bond motifs is 3. The Bertz CT molecular complexity index is 1050. The van der Waals surface area contributed by atoms with Crippen LogP contribution < -0.4 is 0 Å². The first-order valence-corrected chi connectivity index (χ1v) is 12.0. The predicted molar refractivity (Wildman–Crippen MR) is 120 cm³/mol. The first-order valence-electron chi connectivity index (χ1n) is 12.0. The van der Waals surface area contributed by atoms with E-state index in [1.807, 2.05) is 6.92 Å². The number of aliphatic hydroxyl groups excluding tert-OH is 1. The number of aldehydes is 1. The van der Waals surface area contributed by atoms with E-state index in [4.69, 9.17) is 23.4 Å². The monoisotopic (exact) mass is 488 g/mol. The highest BCUT2D eigenvalue weighted by atomic mass is 16.6. The van der Waals surface area contributed by atoms with Gasteiger partial charge >= 0.3 is 11.9 Å². The highest BCUT2D eigenvalue weighted by Gasteiger charge is 2.74. The minimum atomic E-state index is -1.11. The summed E-state index contributed by atoms with van der Waals surface area (Å²) in [6.45, 7) is 10.9. The Morgan fingerprint density at radius 3 is 2.66 bits per heavy atom. The van der Waals surface area contributed by atoms with E-state index in [1.165, 1.54) is 13.2 Å². The molecule has 1 aromatic heterocycles. The molecule has 2 bridgehead atoms. The molecule has 0 radical (unpaired) electrons. The van der Waals surface area contributed by atoms with E-state index in [2.05, 4.69) is 6.58 Å². The van der Waals surface area contributed by atoms with Crippen molar-refractivity contribution in [3.63, 3.8) is 0 Å². The average molecular weight is 489 g/mol. The van der Waals surface area contributed by atoms with Gasteiger partial charge in [0.05, 0.1) is 37.1 Å². The third kappa shape index (κ3) is 3.28. The van der Waals surface area contributed by atoms with E-state index in [1.54, 1.807) is 26.2 Å². The number of carbonyl (C=O) groups excluding carboxylic acids is 3. The number of hydrogen-bond donors (Lipinski definition) is 1. The maximum atomic E-state index is 12.9. The van der Waals surface area contributed by atoms with Crippen molar-refractivity contribution in [3.8, 4) is 0 Å². The van der Waals surface area contributed by atoms with Crippen molar-refractivity contribution in [2.24, 2.45) is 23.2 Å². The van der Waals surface area contributed by atoms with E-state index < -0.39 is 64.8 Å². The zero-order valence-electron chi connectivity index (χ0n) is 20.4. The Labute approximate surface area is 203 Å². The summed E-state index contributed by atoms with van der Waals surface area (Å²) < 4.78 is 30.1. The van der Waals surface area contributed by atoms with Gasteiger partial charge in [0, 0.05) is 23.8 Å². The van der Waals surface area contributed by atoms with Gasteiger partial charge in [-0.15, -0.1) is 0 Å². The quantitative estimate of drug-likeness (QED) is 0.387. The number of esters is 2. The maximum absolute atomic E-state index is 12.9. The summed E-state index contributed by atoms with van der Waals surface area (Å²) in [5.41, 5.74) is -1.41. The van der Waals surface area contributed by atoms with Crippen LogP contribution in [0.3, 0.4) is 0 Å². The third-order valence-electron chi connectivity index (χ3n) is 8.85. The number of ether oxygens (including phenoxy) is 4. The van der Waals surface area contributed by atoms with E-state index in [-0.39, 0.29) is 18.9 Å². The molecule has 4 heterocycles. The first-order chi connectivity index (χ1) is 16.5. The van der Waals surface area contributed by atoms with Gasteiger partial charge in [-0.1, -0.05) is 13.5 Å². The van der Waals surface area contributed by atoms with Crippen LogP contribution in [-0.4, -0.2) is 59.5 Å². The molecule has 1 aliphatic carbocycles. The lowest BCUT2D eigenvalue weighted by Crippen LogP contribution is -2.62. The Hall–Kier alpha value is -2.49. The molecule has 0 amide bonds. The molecule has 9 nitrogen and oxygen atoms in total. The fraction of sp³-hybridized carbons (Fsp3) is 0.654. The van der Waals surface area contributed by atoms with Crippen LogP contribution in [-0.2, 0) is 33.3 Å². The van der Waals surface area contributed by atoms with Gasteiger partial charge in [0.1, 0.15) is 36.3 Å². The summed E-state index contributed by atoms with van der Waals surface area (Å²) in [7, 11) is 0. The molecule has 1 N–H and O–H groups in total. The molecule has 3 aliphatic heterocycles. The van der Waals surface area contributed by atoms with Crippen molar-refractivity contribution in [3.05, 3.63) is 36.3 Å². The summed E-state index contributed by atoms with van der Waals surface area (Å²) in [6, 6.07) is 1.76. The summed E-state index contributed by atoms with van der Waals surface area (Å²) in [5, 5.41) is 10.4. The van der Waals surface area contributed by atoms with Crippen molar-refractivity contribution in [2.75, 3.05) is 6.61 Å². The molecule has 9 atom stereocenters. The summed E-state index contributed by atoms with van der Waals surface area (Å²) in [4.78, 5) is 37.5. The number of aliphatic hydroxyl groups is 1. The highest BCUT2D eigenvalue weighted by Crippen LogP contribution is 2.70. The highest BCUT2D eigenvalue weighted by molar-refractivity contribution is 5.75. The molecule has 3 saturated heterocycles. The number of rotatable bonds is 4. The molecule has 5 rings (SSSR count). The Morgan fingerprint density at radius 1 is 1.31 bits per heavy atom.